The first kappa shape index (κ1) is 17.0. The Morgan fingerprint density at radius 2 is 2.10 bits per heavy atom. The second-order valence-corrected chi connectivity index (χ2v) is 7.49. The van der Waals surface area contributed by atoms with Gasteiger partial charge in [-0.15, -0.1) is 0 Å². The molecule has 0 aliphatic heterocycles. The Labute approximate surface area is 138 Å². The first-order valence-corrected chi connectivity index (χ1v) is 9.12. The normalized spacial score (nSPS) is 16.7. The van der Waals surface area contributed by atoms with E-state index in [0.29, 0.717) is 6.04 Å². The van der Waals surface area contributed by atoms with E-state index < -0.39 is 0 Å². The molecule has 1 unspecified atom stereocenters. The smallest absolute Gasteiger partial charge is 0.0332 e. The molecule has 0 aromatic heterocycles. The third-order valence-electron chi connectivity index (χ3n) is 4.07. The van der Waals surface area contributed by atoms with Crippen molar-refractivity contribution < 1.29 is 0 Å². The van der Waals surface area contributed by atoms with Crippen molar-refractivity contribution in [3.05, 3.63) is 34.3 Å². The number of nitrogens with zero attached hydrogens (tertiary/aromatic N) is 1. The molecule has 118 valence electrons. The lowest BCUT2D eigenvalue weighted by Gasteiger charge is -2.27. The average molecular weight is 353 g/mol. The predicted molar refractivity (Wildman–Crippen MR) is 94.6 cm³/mol. The predicted octanol–water partition coefficient (Wildman–Crippen LogP) is 4.61. The second-order valence-electron chi connectivity index (χ2n) is 6.57. The van der Waals surface area contributed by atoms with E-state index in [4.69, 9.17) is 0 Å². The van der Waals surface area contributed by atoms with Crippen LogP contribution in [0, 0.1) is 5.92 Å². The lowest BCUT2D eigenvalue weighted by atomic mass is 10.0. The molecule has 2 rings (SSSR count). The van der Waals surface area contributed by atoms with E-state index in [2.05, 4.69) is 71.2 Å². The summed E-state index contributed by atoms with van der Waals surface area (Å²) in [6.45, 7) is 10.3. The lowest BCUT2D eigenvalue weighted by Crippen LogP contribution is -2.33. The molecule has 1 aromatic rings. The summed E-state index contributed by atoms with van der Waals surface area (Å²) < 4.78 is 1.17. The number of hydrogen-bond acceptors (Lipinski definition) is 2. The average Bonchev–Trinajstić information content (AvgIpc) is 3.26. The van der Waals surface area contributed by atoms with Crippen LogP contribution in [-0.4, -0.2) is 30.6 Å². The number of nitrogens with one attached hydrogen (secondary N) is 1. The van der Waals surface area contributed by atoms with Gasteiger partial charge in [0, 0.05) is 29.6 Å². The van der Waals surface area contributed by atoms with Crippen molar-refractivity contribution in [3.63, 3.8) is 0 Å². The molecule has 0 amide bonds. The van der Waals surface area contributed by atoms with Crippen LogP contribution in [0.25, 0.3) is 0 Å². The Balaban J connectivity index is 1.95. The van der Waals surface area contributed by atoms with E-state index in [1.807, 2.05) is 0 Å². The minimum atomic E-state index is 0.459. The van der Waals surface area contributed by atoms with Gasteiger partial charge in [0.1, 0.15) is 0 Å². The molecule has 0 bridgehead atoms. The maximum atomic E-state index is 3.65. The Morgan fingerprint density at radius 3 is 2.67 bits per heavy atom. The summed E-state index contributed by atoms with van der Waals surface area (Å²) in [6.07, 6.45) is 3.98. The van der Waals surface area contributed by atoms with Gasteiger partial charge in [-0.05, 0) is 49.4 Å². The highest BCUT2D eigenvalue weighted by Crippen LogP contribution is 2.29. The molecule has 3 heteroatoms. The molecule has 21 heavy (non-hydrogen) atoms. The molecule has 1 aromatic carbocycles. The maximum absolute atomic E-state index is 3.65. The van der Waals surface area contributed by atoms with Crippen molar-refractivity contribution in [1.82, 2.24) is 10.2 Å². The van der Waals surface area contributed by atoms with Crippen LogP contribution in [0.1, 0.15) is 51.6 Å². The van der Waals surface area contributed by atoms with Crippen molar-refractivity contribution in [3.8, 4) is 0 Å². The summed E-state index contributed by atoms with van der Waals surface area (Å²) in [4.78, 5) is 2.70. The van der Waals surface area contributed by atoms with Gasteiger partial charge in [-0.25, -0.2) is 0 Å². The van der Waals surface area contributed by atoms with Crippen LogP contribution in [0.2, 0.25) is 0 Å². The summed E-state index contributed by atoms with van der Waals surface area (Å²) in [5.74, 6) is 0.758. The largest absolute Gasteiger partial charge is 0.310 e. The first-order valence-electron chi connectivity index (χ1n) is 8.33. The van der Waals surface area contributed by atoms with E-state index >= 15 is 0 Å². The monoisotopic (exact) mass is 352 g/mol. The molecule has 0 radical (unpaired) electrons. The van der Waals surface area contributed by atoms with E-state index in [0.717, 1.165) is 18.5 Å². The van der Waals surface area contributed by atoms with Crippen LogP contribution in [0.5, 0.6) is 0 Å². The van der Waals surface area contributed by atoms with Crippen LogP contribution >= 0.6 is 15.9 Å². The summed E-state index contributed by atoms with van der Waals surface area (Å²) in [7, 11) is 0. The van der Waals surface area contributed by atoms with Crippen LogP contribution in [-0.2, 0) is 0 Å². The highest BCUT2D eigenvalue weighted by Gasteiger charge is 2.29. The van der Waals surface area contributed by atoms with Crippen LogP contribution in [0.4, 0.5) is 0 Å². The van der Waals surface area contributed by atoms with Crippen molar-refractivity contribution in [1.29, 1.82) is 0 Å². The van der Waals surface area contributed by atoms with E-state index in [-0.39, 0.29) is 0 Å². The summed E-state index contributed by atoms with van der Waals surface area (Å²) in [6, 6.07) is 10.0. The highest BCUT2D eigenvalue weighted by molar-refractivity contribution is 9.10. The zero-order chi connectivity index (χ0) is 15.2. The SMILES string of the molecule is CCNC(CCN(CC(C)C)C1CC1)c1cccc(Br)c1. The second kappa shape index (κ2) is 8.30. The number of hydrogen-bond donors (Lipinski definition) is 1. The van der Waals surface area contributed by atoms with Gasteiger partial charge < -0.3 is 10.2 Å². The fourth-order valence-electron chi connectivity index (χ4n) is 2.98. The minimum absolute atomic E-state index is 0.459. The van der Waals surface area contributed by atoms with Gasteiger partial charge in [0.15, 0.2) is 0 Å². The topological polar surface area (TPSA) is 15.3 Å². The van der Waals surface area contributed by atoms with Gasteiger partial charge in [0.25, 0.3) is 0 Å². The molecular weight excluding hydrogens is 324 g/mol. The quantitative estimate of drug-likeness (QED) is 0.697. The van der Waals surface area contributed by atoms with Crippen molar-refractivity contribution in [2.45, 2.75) is 52.1 Å². The van der Waals surface area contributed by atoms with E-state index in [1.165, 1.54) is 42.4 Å². The molecule has 1 N–H and O–H groups in total. The highest BCUT2D eigenvalue weighted by atomic mass is 79.9. The van der Waals surface area contributed by atoms with Crippen molar-refractivity contribution >= 4 is 15.9 Å². The molecule has 1 saturated carbocycles. The van der Waals surface area contributed by atoms with Crippen LogP contribution < -0.4 is 5.32 Å². The number of benzene rings is 1. The molecule has 0 saturated heterocycles. The zero-order valence-corrected chi connectivity index (χ0v) is 15.2. The fraction of sp³-hybridized carbons (Fsp3) is 0.667. The van der Waals surface area contributed by atoms with Crippen molar-refractivity contribution in [2.75, 3.05) is 19.6 Å². The lowest BCUT2D eigenvalue weighted by molar-refractivity contribution is 0.222. The zero-order valence-electron chi connectivity index (χ0n) is 13.6. The Morgan fingerprint density at radius 1 is 1.33 bits per heavy atom. The summed E-state index contributed by atoms with van der Waals surface area (Å²) in [5.41, 5.74) is 1.39. The molecule has 0 spiro atoms. The van der Waals surface area contributed by atoms with Gasteiger partial charge in [-0.1, -0.05) is 48.8 Å². The van der Waals surface area contributed by atoms with Gasteiger partial charge in [-0.3, -0.25) is 0 Å². The van der Waals surface area contributed by atoms with Gasteiger partial charge >= 0.3 is 0 Å². The molecule has 1 atom stereocenters. The van der Waals surface area contributed by atoms with Crippen LogP contribution in [0.3, 0.4) is 0 Å². The minimum Gasteiger partial charge on any atom is -0.310 e. The Bertz CT molecular complexity index is 429. The van der Waals surface area contributed by atoms with Gasteiger partial charge in [0.05, 0.1) is 0 Å². The van der Waals surface area contributed by atoms with E-state index in [1.54, 1.807) is 0 Å². The molecule has 1 aliphatic rings. The maximum Gasteiger partial charge on any atom is 0.0332 e. The number of halogens is 1. The van der Waals surface area contributed by atoms with Gasteiger partial charge in [0.2, 0.25) is 0 Å². The Kier molecular flexibility index (Phi) is 6.72. The standard InChI is InChI=1S/C18H29BrN2/c1-4-20-18(15-6-5-7-16(19)12-15)10-11-21(13-14(2)3)17-8-9-17/h5-7,12,14,17-18,20H,4,8-11,13H2,1-3H3. The molecular formula is C18H29BrN2. The van der Waals surface area contributed by atoms with Crippen molar-refractivity contribution in [2.24, 2.45) is 5.92 Å². The van der Waals surface area contributed by atoms with E-state index in [9.17, 15) is 0 Å². The molecule has 1 fully saturated rings. The third-order valence-corrected chi connectivity index (χ3v) is 4.56. The Hall–Kier alpha value is -0.380. The van der Waals surface area contributed by atoms with Gasteiger partial charge in [-0.2, -0.15) is 0 Å². The first-order chi connectivity index (χ1) is 10.1. The summed E-state index contributed by atoms with van der Waals surface area (Å²) in [5, 5.41) is 3.65. The van der Waals surface area contributed by atoms with Crippen LogP contribution in [0.15, 0.2) is 28.7 Å². The fourth-order valence-corrected chi connectivity index (χ4v) is 3.40. The molecule has 2 nitrogen and oxygen atoms in total. The summed E-state index contributed by atoms with van der Waals surface area (Å²) >= 11 is 3.59. The molecule has 1 aliphatic carbocycles. The third kappa shape index (κ3) is 5.72. The molecule has 0 heterocycles. The number of rotatable bonds is 9.